The molecule has 14 heavy (non-hydrogen) atoms. The van der Waals surface area contributed by atoms with Crippen LogP contribution in [0.4, 0.5) is 0 Å². The normalized spacial score (nSPS) is 10.4. The van der Waals surface area contributed by atoms with Crippen molar-refractivity contribution >= 4 is 43.7 Å². The van der Waals surface area contributed by atoms with Crippen LogP contribution in [0.15, 0.2) is 0 Å². The first-order valence-corrected chi connectivity index (χ1v) is 4.22. The van der Waals surface area contributed by atoms with Crippen molar-refractivity contribution in [2.45, 2.75) is 26.7 Å². The standard InChI is InChI=1S/C7H13.C3H5O3.Ca/c1-4-6-7(3)5-2;1-3(5)6-2-4;/h4,7H,2-3,5-6H2,1H3;2H2,1H3;/q-3;-1;+2/p+1. The molecule has 0 fully saturated rings. The van der Waals surface area contributed by atoms with Crippen molar-refractivity contribution < 1.29 is 14.6 Å². The molecule has 0 aromatic rings. The molecule has 0 saturated carbocycles. The zero-order chi connectivity index (χ0) is 10.7. The SMILES string of the molecule is CC(=[OH+])OC[O-].[CH2-]CC([CH2-])C[CH-]C.[Ca+2]. The summed E-state index contributed by atoms with van der Waals surface area (Å²) in [6.07, 6.45) is 4.18. The molecule has 0 aliphatic heterocycles. The van der Waals surface area contributed by atoms with Gasteiger partial charge < -0.3 is 34.9 Å². The number of hydrogen-bond donors (Lipinski definition) is 0. The second-order valence-corrected chi connectivity index (χ2v) is 2.58. The van der Waals surface area contributed by atoms with Crippen molar-refractivity contribution in [2.24, 2.45) is 5.92 Å². The van der Waals surface area contributed by atoms with E-state index in [0.29, 0.717) is 5.92 Å². The van der Waals surface area contributed by atoms with Crippen LogP contribution in [0.25, 0.3) is 0 Å². The van der Waals surface area contributed by atoms with Crippen molar-refractivity contribution in [3.63, 3.8) is 0 Å². The zero-order valence-electron chi connectivity index (χ0n) is 9.16. The molecule has 80 valence electrons. The van der Waals surface area contributed by atoms with Crippen molar-refractivity contribution in [3.8, 4) is 0 Å². The van der Waals surface area contributed by atoms with Gasteiger partial charge in [0.2, 0.25) is 0 Å². The fourth-order valence-corrected chi connectivity index (χ4v) is 0.536. The summed E-state index contributed by atoms with van der Waals surface area (Å²) in [5.74, 6) is 0.259. The van der Waals surface area contributed by atoms with Gasteiger partial charge in [-0.1, -0.05) is 0 Å². The molecular weight excluding hydrogens is 208 g/mol. The van der Waals surface area contributed by atoms with E-state index < -0.39 is 6.79 Å². The van der Waals surface area contributed by atoms with Crippen LogP contribution in [0.2, 0.25) is 0 Å². The van der Waals surface area contributed by atoms with Crippen molar-refractivity contribution in [1.29, 1.82) is 0 Å². The average Bonchev–Trinajstić information content (AvgIpc) is 2.05. The van der Waals surface area contributed by atoms with E-state index in [9.17, 15) is 5.11 Å². The van der Waals surface area contributed by atoms with Crippen molar-refractivity contribution in [1.82, 2.24) is 0 Å². The Morgan fingerprint density at radius 1 is 1.64 bits per heavy atom. The fourth-order valence-electron chi connectivity index (χ4n) is 0.536. The third-order valence-corrected chi connectivity index (χ3v) is 1.25. The first-order chi connectivity index (χ1) is 6.08. The summed E-state index contributed by atoms with van der Waals surface area (Å²) in [5.41, 5.74) is 0. The van der Waals surface area contributed by atoms with Crippen LogP contribution in [0.1, 0.15) is 26.7 Å². The fraction of sp³-hybridized carbons (Fsp3) is 0.600. The smallest absolute Gasteiger partial charge is 0.800 e. The summed E-state index contributed by atoms with van der Waals surface area (Å²) in [6, 6.07) is 0. The molecule has 0 radical (unpaired) electrons. The molecule has 0 aromatic carbocycles. The molecule has 3 nitrogen and oxygen atoms in total. The Kier molecular flexibility index (Phi) is 23.2. The summed E-state index contributed by atoms with van der Waals surface area (Å²) in [5, 5.41) is 9.34. The van der Waals surface area contributed by atoms with Crippen LogP contribution < -0.4 is 5.11 Å². The van der Waals surface area contributed by atoms with Gasteiger partial charge in [0.15, 0.2) is 0 Å². The van der Waals surface area contributed by atoms with Gasteiger partial charge >= 0.3 is 43.7 Å². The minimum absolute atomic E-state index is 0. The zero-order valence-corrected chi connectivity index (χ0v) is 11.4. The van der Waals surface area contributed by atoms with Crippen LogP contribution in [-0.2, 0) is 4.74 Å². The van der Waals surface area contributed by atoms with Crippen LogP contribution in [-0.4, -0.2) is 55.3 Å². The quantitative estimate of drug-likeness (QED) is 0.234. The summed E-state index contributed by atoms with van der Waals surface area (Å²) < 4.78 is 3.96. The van der Waals surface area contributed by atoms with Crippen molar-refractivity contribution in [2.75, 3.05) is 6.79 Å². The van der Waals surface area contributed by atoms with E-state index in [1.807, 2.05) is 6.92 Å². The molecule has 0 aliphatic rings. The first kappa shape index (κ1) is 20.1. The van der Waals surface area contributed by atoms with E-state index in [1.165, 1.54) is 6.92 Å². The number of ether oxygens (including phenoxy) is 1. The predicted octanol–water partition coefficient (Wildman–Crippen LogP) is 0.737. The van der Waals surface area contributed by atoms with Gasteiger partial charge in [0, 0.05) is 0 Å². The molecule has 0 saturated heterocycles. The Bertz CT molecular complexity index is 118. The van der Waals surface area contributed by atoms with E-state index in [1.54, 1.807) is 0 Å². The Hall–Kier alpha value is 0.690. The van der Waals surface area contributed by atoms with Crippen LogP contribution >= 0.6 is 0 Å². The van der Waals surface area contributed by atoms with Crippen LogP contribution in [0.3, 0.4) is 0 Å². The van der Waals surface area contributed by atoms with Gasteiger partial charge in [0.05, 0.1) is 6.92 Å². The van der Waals surface area contributed by atoms with Gasteiger partial charge in [0.25, 0.3) is 0 Å². The molecule has 0 aliphatic carbocycles. The number of hydrogen-bond acceptors (Lipinski definition) is 2. The third-order valence-electron chi connectivity index (χ3n) is 1.25. The molecule has 0 spiro atoms. The number of rotatable bonds is 4. The summed E-state index contributed by atoms with van der Waals surface area (Å²) in [6.45, 7) is 10.2. The number of carbonyl (C=O) groups excluding carboxylic acids is 1. The van der Waals surface area contributed by atoms with Gasteiger partial charge in [0.1, 0.15) is 6.79 Å². The largest absolute Gasteiger partial charge is 2.00 e. The molecule has 1 unspecified atom stereocenters. The van der Waals surface area contributed by atoms with E-state index in [-0.39, 0.29) is 43.7 Å². The van der Waals surface area contributed by atoms with Crippen LogP contribution in [0, 0.1) is 26.2 Å². The van der Waals surface area contributed by atoms with E-state index in [4.69, 9.17) is 4.79 Å². The van der Waals surface area contributed by atoms with Gasteiger partial charge in [-0.2, -0.15) is 6.92 Å². The second kappa shape index (κ2) is 16.1. The topological polar surface area (TPSA) is 53.7 Å². The third kappa shape index (κ3) is 23.0. The molecule has 1 N–H and O–H groups in total. The second-order valence-electron chi connectivity index (χ2n) is 2.58. The molecule has 0 amide bonds. The van der Waals surface area contributed by atoms with Gasteiger partial charge in [-0.3, -0.25) is 0 Å². The Labute approximate surface area is 117 Å². The van der Waals surface area contributed by atoms with Gasteiger partial charge in [-0.05, 0) is 0 Å². The van der Waals surface area contributed by atoms with E-state index in [0.717, 1.165) is 12.8 Å². The average molecular weight is 227 g/mol. The molecule has 0 bridgehead atoms. The Morgan fingerprint density at radius 2 is 2.14 bits per heavy atom. The summed E-state index contributed by atoms with van der Waals surface area (Å²) in [4.78, 5) is 8.05. The number of esters is 1. The Balaban J connectivity index is -0.000000163. The maximum atomic E-state index is 9.34. The minimum atomic E-state index is -0.706. The summed E-state index contributed by atoms with van der Waals surface area (Å²) in [7, 11) is 0. The molecule has 4 heteroatoms. The minimum Gasteiger partial charge on any atom is -0.800 e. The van der Waals surface area contributed by atoms with E-state index in [2.05, 4.69) is 25.0 Å². The molecular formula is C10H19CaO3-. The molecule has 1 atom stereocenters. The summed E-state index contributed by atoms with van der Waals surface area (Å²) >= 11 is 0. The van der Waals surface area contributed by atoms with Gasteiger partial charge in [-0.25, -0.2) is 18.8 Å². The first-order valence-electron chi connectivity index (χ1n) is 4.22. The monoisotopic (exact) mass is 227 g/mol. The Morgan fingerprint density at radius 3 is 2.21 bits per heavy atom. The molecule has 0 aromatic heterocycles. The molecule has 0 rings (SSSR count). The van der Waals surface area contributed by atoms with Crippen LogP contribution in [0.5, 0.6) is 0 Å². The predicted molar refractivity (Wildman–Crippen MR) is 57.7 cm³/mol. The molecule has 0 heterocycles. The van der Waals surface area contributed by atoms with E-state index >= 15 is 0 Å². The van der Waals surface area contributed by atoms with Gasteiger partial charge in [-0.15, -0.1) is 0 Å². The van der Waals surface area contributed by atoms with Crippen molar-refractivity contribution in [3.05, 3.63) is 20.3 Å². The maximum Gasteiger partial charge on any atom is 2.00 e. The maximum absolute atomic E-state index is 9.34.